The van der Waals surface area contributed by atoms with Crippen LogP contribution in [-0.2, 0) is 0 Å². The third-order valence-electron chi connectivity index (χ3n) is 5.72. The lowest BCUT2D eigenvalue weighted by molar-refractivity contribution is 0.0742. The van der Waals surface area contributed by atoms with Crippen molar-refractivity contribution in [2.45, 2.75) is 6.92 Å². The van der Waals surface area contributed by atoms with Crippen LogP contribution in [0.1, 0.15) is 17.3 Å². The first-order valence-electron chi connectivity index (χ1n) is 11.1. The van der Waals surface area contributed by atoms with E-state index in [4.69, 9.17) is 9.15 Å². The van der Waals surface area contributed by atoms with E-state index in [9.17, 15) is 9.59 Å². The third kappa shape index (κ3) is 4.19. The van der Waals surface area contributed by atoms with Gasteiger partial charge in [0.25, 0.3) is 5.91 Å². The Morgan fingerprint density at radius 3 is 2.56 bits per heavy atom. The first-order chi connectivity index (χ1) is 16.6. The van der Waals surface area contributed by atoms with Crippen LogP contribution in [0.15, 0.2) is 70.0 Å². The number of carbonyl (C=O) groups excluding carboxylic acids is 1. The second-order valence-corrected chi connectivity index (χ2v) is 7.83. The molecule has 1 aliphatic heterocycles. The molecule has 0 atom stereocenters. The predicted octanol–water partition coefficient (Wildman–Crippen LogP) is 3.01. The molecule has 34 heavy (non-hydrogen) atoms. The molecule has 4 heterocycles. The first kappa shape index (κ1) is 21.6. The lowest BCUT2D eigenvalue weighted by atomic mass is 10.1. The maximum Gasteiger partial charge on any atom is 0.349 e. The molecular weight excluding hydrogens is 434 g/mol. The van der Waals surface area contributed by atoms with Crippen molar-refractivity contribution < 1.29 is 13.9 Å². The van der Waals surface area contributed by atoms with Gasteiger partial charge in [0.1, 0.15) is 11.3 Å². The fourth-order valence-corrected chi connectivity index (χ4v) is 3.99. The van der Waals surface area contributed by atoms with Crippen LogP contribution in [0, 0.1) is 0 Å². The number of fused-ring (bicyclic) bond motifs is 1. The predicted molar refractivity (Wildman–Crippen MR) is 127 cm³/mol. The summed E-state index contributed by atoms with van der Waals surface area (Å²) < 4.78 is 11.0. The lowest BCUT2D eigenvalue weighted by Crippen LogP contribution is -2.49. The molecule has 0 saturated carbocycles. The van der Waals surface area contributed by atoms with Gasteiger partial charge in [0.05, 0.1) is 12.3 Å². The summed E-state index contributed by atoms with van der Waals surface area (Å²) in [5.41, 5.74) is 1.17. The monoisotopic (exact) mass is 457 g/mol. The maximum absolute atomic E-state index is 13.1. The molecule has 4 aromatic rings. The highest BCUT2D eigenvalue weighted by Crippen LogP contribution is 2.25. The van der Waals surface area contributed by atoms with Crippen molar-refractivity contribution in [3.63, 3.8) is 0 Å². The Morgan fingerprint density at radius 2 is 1.85 bits per heavy atom. The summed E-state index contributed by atoms with van der Waals surface area (Å²) in [6.07, 6.45) is 1.72. The van der Waals surface area contributed by atoms with Crippen LogP contribution in [0.25, 0.3) is 22.4 Å². The van der Waals surface area contributed by atoms with Crippen molar-refractivity contribution in [1.29, 1.82) is 0 Å². The van der Waals surface area contributed by atoms with Crippen LogP contribution < -0.4 is 15.3 Å². The van der Waals surface area contributed by atoms with Crippen molar-refractivity contribution in [1.82, 2.24) is 20.1 Å². The summed E-state index contributed by atoms with van der Waals surface area (Å²) in [6, 6.07) is 16.4. The van der Waals surface area contributed by atoms with Crippen molar-refractivity contribution in [3.8, 4) is 17.1 Å². The zero-order chi connectivity index (χ0) is 23.5. The number of piperazine rings is 1. The van der Waals surface area contributed by atoms with Gasteiger partial charge in [-0.15, -0.1) is 10.2 Å². The maximum atomic E-state index is 13.1. The molecule has 1 fully saturated rings. The van der Waals surface area contributed by atoms with Crippen LogP contribution >= 0.6 is 0 Å². The molecular formula is C25H23N5O4. The molecule has 1 aromatic carbocycles. The quantitative estimate of drug-likeness (QED) is 0.422. The summed E-state index contributed by atoms with van der Waals surface area (Å²) in [6.45, 7) is 4.38. The van der Waals surface area contributed by atoms with E-state index in [1.165, 1.54) is 0 Å². The van der Waals surface area contributed by atoms with Crippen molar-refractivity contribution in [3.05, 3.63) is 76.8 Å². The van der Waals surface area contributed by atoms with Gasteiger partial charge in [-0.1, -0.05) is 18.2 Å². The highest BCUT2D eigenvalue weighted by Gasteiger charge is 2.26. The molecule has 0 aliphatic carbocycles. The number of hydrogen-bond donors (Lipinski definition) is 0. The van der Waals surface area contributed by atoms with Gasteiger partial charge in [-0.2, -0.15) is 0 Å². The van der Waals surface area contributed by atoms with Crippen molar-refractivity contribution in [2.24, 2.45) is 0 Å². The average molecular weight is 457 g/mol. The minimum Gasteiger partial charge on any atom is -0.490 e. The fourth-order valence-electron chi connectivity index (χ4n) is 3.99. The van der Waals surface area contributed by atoms with Gasteiger partial charge in [0, 0.05) is 37.8 Å². The number of aromatic nitrogens is 3. The van der Waals surface area contributed by atoms with Crippen LogP contribution in [0.2, 0.25) is 0 Å². The number of hydrogen-bond acceptors (Lipinski definition) is 8. The van der Waals surface area contributed by atoms with Crippen LogP contribution in [0.3, 0.4) is 0 Å². The van der Waals surface area contributed by atoms with E-state index in [0.29, 0.717) is 55.2 Å². The highest BCUT2D eigenvalue weighted by atomic mass is 16.5. The number of para-hydroxylation sites is 1. The second-order valence-electron chi connectivity index (χ2n) is 7.83. The van der Waals surface area contributed by atoms with Gasteiger partial charge in [0.2, 0.25) is 0 Å². The number of nitrogens with zero attached hydrogens (tertiary/aromatic N) is 5. The molecule has 0 N–H and O–H groups in total. The number of benzene rings is 1. The van der Waals surface area contributed by atoms with Gasteiger partial charge < -0.3 is 19.0 Å². The SMILES string of the molecule is CCOc1cccc2cc(C(=O)N3CCN(c4ccc(-c5ccccn5)nn4)CC3)c(=O)oc12. The summed E-state index contributed by atoms with van der Waals surface area (Å²) in [5, 5.41) is 9.27. The highest BCUT2D eigenvalue weighted by molar-refractivity contribution is 5.97. The molecule has 3 aromatic heterocycles. The minimum absolute atomic E-state index is 0.0223. The number of amides is 1. The van der Waals surface area contributed by atoms with E-state index in [-0.39, 0.29) is 11.5 Å². The Morgan fingerprint density at radius 1 is 1.00 bits per heavy atom. The molecule has 0 bridgehead atoms. The standard InChI is InChI=1S/C25H23N5O4/c1-2-33-21-8-5-6-17-16-18(25(32)34-23(17)21)24(31)30-14-12-29(13-15-30)22-10-9-20(27-28-22)19-7-3-4-11-26-19/h3-11,16H,2,12-15H2,1H3. The van der Waals surface area contributed by atoms with E-state index in [1.54, 1.807) is 35.4 Å². The number of anilines is 1. The van der Waals surface area contributed by atoms with E-state index in [1.807, 2.05) is 37.3 Å². The smallest absolute Gasteiger partial charge is 0.349 e. The number of ether oxygens (including phenoxy) is 1. The molecule has 9 heteroatoms. The molecule has 1 aliphatic rings. The second kappa shape index (κ2) is 9.30. The van der Waals surface area contributed by atoms with Gasteiger partial charge in [-0.3, -0.25) is 9.78 Å². The largest absolute Gasteiger partial charge is 0.490 e. The topological polar surface area (TPSA) is 102 Å². The van der Waals surface area contributed by atoms with Gasteiger partial charge >= 0.3 is 5.63 Å². The lowest BCUT2D eigenvalue weighted by Gasteiger charge is -2.35. The summed E-state index contributed by atoms with van der Waals surface area (Å²) in [4.78, 5) is 33.7. The van der Waals surface area contributed by atoms with Crippen molar-refractivity contribution in [2.75, 3.05) is 37.7 Å². The van der Waals surface area contributed by atoms with Gasteiger partial charge in [-0.25, -0.2) is 4.79 Å². The molecule has 0 spiro atoms. The number of pyridine rings is 1. The normalized spacial score (nSPS) is 13.8. The van der Waals surface area contributed by atoms with Crippen LogP contribution in [0.5, 0.6) is 5.75 Å². The molecule has 0 unspecified atom stereocenters. The third-order valence-corrected chi connectivity index (χ3v) is 5.72. The molecule has 0 radical (unpaired) electrons. The molecule has 1 saturated heterocycles. The van der Waals surface area contributed by atoms with E-state index < -0.39 is 5.63 Å². The van der Waals surface area contributed by atoms with Crippen molar-refractivity contribution >= 4 is 22.7 Å². The Balaban J connectivity index is 1.28. The Hall–Kier alpha value is -4.27. The Kier molecular flexibility index (Phi) is 5.90. The van der Waals surface area contributed by atoms with Gasteiger partial charge in [-0.05, 0) is 43.3 Å². The molecule has 9 nitrogen and oxygen atoms in total. The number of rotatable bonds is 5. The summed E-state index contributed by atoms with van der Waals surface area (Å²) in [5.74, 6) is 0.883. The van der Waals surface area contributed by atoms with E-state index in [0.717, 1.165) is 11.5 Å². The molecule has 5 rings (SSSR count). The molecule has 1 amide bonds. The zero-order valence-electron chi connectivity index (χ0n) is 18.7. The number of carbonyl (C=O) groups is 1. The molecule has 172 valence electrons. The van der Waals surface area contributed by atoms with Gasteiger partial charge in [0.15, 0.2) is 17.2 Å². The van der Waals surface area contributed by atoms with E-state index >= 15 is 0 Å². The summed E-state index contributed by atoms with van der Waals surface area (Å²) >= 11 is 0. The van der Waals surface area contributed by atoms with E-state index in [2.05, 4.69) is 20.1 Å². The van der Waals surface area contributed by atoms with Crippen LogP contribution in [-0.4, -0.2) is 58.8 Å². The average Bonchev–Trinajstić information content (AvgIpc) is 2.89. The minimum atomic E-state index is -0.664. The first-order valence-corrected chi connectivity index (χ1v) is 11.1. The summed E-state index contributed by atoms with van der Waals surface area (Å²) in [7, 11) is 0. The zero-order valence-corrected chi connectivity index (χ0v) is 18.7. The van der Waals surface area contributed by atoms with Crippen LogP contribution in [0.4, 0.5) is 5.82 Å². The fraction of sp³-hybridized carbons (Fsp3) is 0.240. The Bertz CT molecular complexity index is 1360. The Labute approximate surface area is 195 Å².